The zero-order valence-electron chi connectivity index (χ0n) is 23.3. The summed E-state index contributed by atoms with van der Waals surface area (Å²) >= 11 is 0. The molecule has 3 nitrogen and oxygen atoms in total. The van der Waals surface area contributed by atoms with Gasteiger partial charge in [-0.05, 0) is 79.1 Å². The van der Waals surface area contributed by atoms with E-state index in [0.717, 1.165) is 24.9 Å². The highest BCUT2D eigenvalue weighted by molar-refractivity contribution is 5.85. The summed E-state index contributed by atoms with van der Waals surface area (Å²) in [6.07, 6.45) is 1.49. The van der Waals surface area contributed by atoms with Gasteiger partial charge in [0.05, 0.1) is 12.7 Å². The third-order valence-electron chi connectivity index (χ3n) is 9.26. The van der Waals surface area contributed by atoms with Gasteiger partial charge < -0.3 is 9.84 Å². The Morgan fingerprint density at radius 1 is 1.00 bits per heavy atom. The van der Waals surface area contributed by atoms with E-state index in [2.05, 4.69) is 62.9 Å². The molecular formula is C32H39Cl2F2NO2. The Kier molecular flexibility index (Phi) is 9.44. The van der Waals surface area contributed by atoms with Crippen LogP contribution < -0.4 is 0 Å². The monoisotopic (exact) mass is 577 g/mol. The van der Waals surface area contributed by atoms with E-state index >= 15 is 0 Å². The van der Waals surface area contributed by atoms with Crippen LogP contribution in [0.5, 0.6) is 5.75 Å². The van der Waals surface area contributed by atoms with Gasteiger partial charge in [0, 0.05) is 23.6 Å². The highest BCUT2D eigenvalue weighted by Crippen LogP contribution is 2.59. The van der Waals surface area contributed by atoms with Crippen LogP contribution in [0.3, 0.4) is 0 Å². The standard InChI is InChI=1S/C32H37F2NO2.2ClH/c1-20-9-11-22(12-10-20)23-13-14-28(36)24-17-29-31(3,4)32(5,30(23)24)15-16-35(29)18-21(2)37-19-25-26(33)7-6-8-27(25)34;;/h6-14,21,29,36H,15-19H2,1-5H3;2*1H. The molecule has 0 radical (unpaired) electrons. The normalized spacial score (nSPS) is 22.3. The smallest absolute Gasteiger partial charge is 0.131 e. The Balaban J connectivity index is 0.00000210. The van der Waals surface area contributed by atoms with Crippen LogP contribution in [-0.4, -0.2) is 35.2 Å². The average molecular weight is 579 g/mol. The summed E-state index contributed by atoms with van der Waals surface area (Å²) in [5.74, 6) is -0.796. The lowest BCUT2D eigenvalue weighted by Gasteiger charge is -2.61. The number of halogens is 4. The number of nitrogens with zero attached hydrogens (tertiary/aromatic N) is 1. The molecule has 7 heteroatoms. The molecule has 0 amide bonds. The summed E-state index contributed by atoms with van der Waals surface area (Å²) in [7, 11) is 0. The first-order chi connectivity index (χ1) is 17.5. The van der Waals surface area contributed by atoms with Crippen LogP contribution in [0.15, 0.2) is 54.6 Å². The summed E-state index contributed by atoms with van der Waals surface area (Å²) in [6.45, 7) is 12.6. The Morgan fingerprint density at radius 3 is 2.28 bits per heavy atom. The van der Waals surface area contributed by atoms with Gasteiger partial charge in [0.2, 0.25) is 0 Å². The molecular weight excluding hydrogens is 539 g/mol. The minimum absolute atomic E-state index is 0. The summed E-state index contributed by atoms with van der Waals surface area (Å²) in [4.78, 5) is 2.45. The molecule has 1 aliphatic carbocycles. The second-order valence-electron chi connectivity index (χ2n) is 11.7. The van der Waals surface area contributed by atoms with Crippen molar-refractivity contribution in [1.29, 1.82) is 0 Å². The molecule has 212 valence electrons. The number of ether oxygens (including phenoxy) is 1. The number of hydrogen-bond acceptors (Lipinski definition) is 3. The van der Waals surface area contributed by atoms with E-state index in [1.807, 2.05) is 13.0 Å². The molecule has 3 unspecified atom stereocenters. The molecule has 1 aliphatic heterocycles. The number of phenolic OH excluding ortho intramolecular Hbond substituents is 1. The van der Waals surface area contributed by atoms with Crippen molar-refractivity contribution < 1.29 is 18.6 Å². The average Bonchev–Trinajstić information content (AvgIpc) is 2.84. The van der Waals surface area contributed by atoms with Crippen molar-refractivity contribution in [2.75, 3.05) is 13.1 Å². The quantitative estimate of drug-likeness (QED) is 0.322. The predicted octanol–water partition coefficient (Wildman–Crippen LogP) is 8.01. The van der Waals surface area contributed by atoms with Crippen LogP contribution in [0.2, 0.25) is 0 Å². The number of phenols is 1. The summed E-state index contributed by atoms with van der Waals surface area (Å²) < 4.78 is 34.1. The lowest BCUT2D eigenvalue weighted by Crippen LogP contribution is -2.64. The zero-order chi connectivity index (χ0) is 26.5. The molecule has 1 heterocycles. The second-order valence-corrected chi connectivity index (χ2v) is 11.7. The molecule has 2 aliphatic rings. The molecule has 5 rings (SSSR count). The first kappa shape index (κ1) is 31.3. The summed E-state index contributed by atoms with van der Waals surface area (Å²) in [6, 6.07) is 16.6. The van der Waals surface area contributed by atoms with Gasteiger partial charge in [-0.15, -0.1) is 24.8 Å². The third-order valence-corrected chi connectivity index (χ3v) is 9.26. The fourth-order valence-corrected chi connectivity index (χ4v) is 6.64. The Bertz CT molecular complexity index is 1290. The maximum atomic E-state index is 14.1. The van der Waals surface area contributed by atoms with Crippen LogP contribution in [0, 0.1) is 24.0 Å². The van der Waals surface area contributed by atoms with Crippen molar-refractivity contribution in [2.45, 2.75) is 71.6 Å². The first-order valence-corrected chi connectivity index (χ1v) is 13.2. The van der Waals surface area contributed by atoms with Crippen molar-refractivity contribution in [1.82, 2.24) is 4.90 Å². The maximum absolute atomic E-state index is 14.1. The van der Waals surface area contributed by atoms with E-state index in [0.29, 0.717) is 12.3 Å². The second kappa shape index (κ2) is 11.7. The van der Waals surface area contributed by atoms with E-state index in [4.69, 9.17) is 4.74 Å². The largest absolute Gasteiger partial charge is 0.508 e. The number of likely N-dealkylation sites (tertiary alicyclic amines) is 1. The van der Waals surface area contributed by atoms with E-state index in [1.54, 1.807) is 0 Å². The fourth-order valence-electron chi connectivity index (χ4n) is 6.64. The number of fused-ring (bicyclic) bond motifs is 4. The molecule has 3 aromatic carbocycles. The van der Waals surface area contributed by atoms with Crippen LogP contribution in [0.1, 0.15) is 56.4 Å². The summed E-state index contributed by atoms with van der Waals surface area (Å²) in [5, 5.41) is 11.0. The van der Waals surface area contributed by atoms with E-state index in [1.165, 1.54) is 40.5 Å². The zero-order valence-corrected chi connectivity index (χ0v) is 24.9. The molecule has 1 saturated heterocycles. The predicted molar refractivity (Wildman–Crippen MR) is 158 cm³/mol. The maximum Gasteiger partial charge on any atom is 0.131 e. The molecule has 1 N–H and O–H groups in total. The molecule has 0 spiro atoms. The highest BCUT2D eigenvalue weighted by Gasteiger charge is 2.57. The Hall–Kier alpha value is -2.18. The van der Waals surface area contributed by atoms with Crippen LogP contribution >= 0.6 is 24.8 Å². The number of hydrogen-bond donors (Lipinski definition) is 1. The van der Waals surface area contributed by atoms with Gasteiger partial charge in [-0.1, -0.05) is 62.7 Å². The lowest BCUT2D eigenvalue weighted by molar-refractivity contribution is -0.0653. The molecule has 0 saturated carbocycles. The van der Waals surface area contributed by atoms with Crippen molar-refractivity contribution >= 4 is 24.8 Å². The molecule has 2 bridgehead atoms. The molecule has 3 atom stereocenters. The Morgan fingerprint density at radius 2 is 1.64 bits per heavy atom. The molecule has 3 aromatic rings. The summed E-state index contributed by atoms with van der Waals surface area (Å²) in [5.41, 5.74) is 5.71. The van der Waals surface area contributed by atoms with Gasteiger partial charge in [0.1, 0.15) is 17.4 Å². The number of benzene rings is 3. The van der Waals surface area contributed by atoms with Gasteiger partial charge in [-0.25, -0.2) is 8.78 Å². The minimum Gasteiger partial charge on any atom is -0.508 e. The lowest BCUT2D eigenvalue weighted by atomic mass is 9.50. The number of aromatic hydroxyl groups is 1. The van der Waals surface area contributed by atoms with E-state index in [9.17, 15) is 13.9 Å². The third kappa shape index (κ3) is 5.44. The van der Waals surface area contributed by atoms with Crippen molar-refractivity contribution in [3.05, 3.63) is 88.5 Å². The SMILES string of the molecule is Cc1ccc(-c2ccc(O)c3c2C2(C)CCN(CC(C)OCc4c(F)cccc4F)C(C3)C2(C)C)cc1.Cl.Cl. The molecule has 39 heavy (non-hydrogen) atoms. The van der Waals surface area contributed by atoms with Gasteiger partial charge >= 0.3 is 0 Å². The molecule has 1 fully saturated rings. The fraction of sp³-hybridized carbons (Fsp3) is 0.438. The topological polar surface area (TPSA) is 32.7 Å². The highest BCUT2D eigenvalue weighted by atomic mass is 35.5. The van der Waals surface area contributed by atoms with Gasteiger partial charge in [-0.2, -0.15) is 0 Å². The van der Waals surface area contributed by atoms with E-state index < -0.39 is 11.6 Å². The number of rotatable bonds is 6. The van der Waals surface area contributed by atoms with Gasteiger partial charge in [-0.3, -0.25) is 4.90 Å². The van der Waals surface area contributed by atoms with Crippen molar-refractivity contribution in [3.63, 3.8) is 0 Å². The molecule has 0 aromatic heterocycles. The van der Waals surface area contributed by atoms with Crippen LogP contribution in [0.4, 0.5) is 8.78 Å². The number of piperidine rings is 1. The first-order valence-electron chi connectivity index (χ1n) is 13.2. The van der Waals surface area contributed by atoms with Crippen molar-refractivity contribution in [2.24, 2.45) is 5.41 Å². The van der Waals surface area contributed by atoms with Crippen LogP contribution in [0.25, 0.3) is 11.1 Å². The Labute approximate surface area is 243 Å². The van der Waals surface area contributed by atoms with Gasteiger partial charge in [0.25, 0.3) is 0 Å². The minimum atomic E-state index is -0.578. The van der Waals surface area contributed by atoms with Gasteiger partial charge in [0.15, 0.2) is 0 Å². The van der Waals surface area contributed by atoms with E-state index in [-0.39, 0.29) is 60.0 Å². The van der Waals surface area contributed by atoms with Crippen LogP contribution in [-0.2, 0) is 23.2 Å². The number of aryl methyl sites for hydroxylation is 1. The van der Waals surface area contributed by atoms with Crippen molar-refractivity contribution in [3.8, 4) is 16.9 Å².